The number of rotatable bonds is 5. The Bertz CT molecular complexity index is 324. The minimum Gasteiger partial charge on any atom is -0.339 e. The number of nitrogens with one attached hydrogen (secondary N) is 1. The van der Waals surface area contributed by atoms with Crippen molar-refractivity contribution >= 4 is 17.2 Å². The van der Waals surface area contributed by atoms with Crippen molar-refractivity contribution in [2.75, 3.05) is 20.1 Å². The van der Waals surface area contributed by atoms with Crippen LogP contribution < -0.4 is 5.32 Å². The Labute approximate surface area is 94.3 Å². The third kappa shape index (κ3) is 3.97. The van der Waals surface area contributed by atoms with Crippen molar-refractivity contribution in [1.29, 1.82) is 0 Å². The van der Waals surface area contributed by atoms with E-state index in [2.05, 4.69) is 10.3 Å². The van der Waals surface area contributed by atoms with Gasteiger partial charge in [0.1, 0.15) is 0 Å². The van der Waals surface area contributed by atoms with Crippen LogP contribution in [0.1, 0.15) is 16.8 Å². The standard InChI is InChI=1S/C10H17N3OS/c1-4-11-6-10(14)13(3)7-9-5-12-8(2)15-9/h5,11H,4,6-7H2,1-3H3. The Morgan fingerprint density at radius 2 is 2.40 bits per heavy atom. The molecule has 0 aliphatic heterocycles. The molecule has 1 N–H and O–H groups in total. The predicted octanol–water partition coefficient (Wildman–Crippen LogP) is 1.02. The van der Waals surface area contributed by atoms with E-state index in [1.54, 1.807) is 16.2 Å². The lowest BCUT2D eigenvalue weighted by Gasteiger charge is -2.15. The second-order valence-electron chi connectivity index (χ2n) is 3.38. The first-order chi connectivity index (χ1) is 7.13. The molecule has 0 radical (unpaired) electrons. The van der Waals surface area contributed by atoms with E-state index >= 15 is 0 Å². The lowest BCUT2D eigenvalue weighted by Crippen LogP contribution is -2.34. The van der Waals surface area contributed by atoms with Gasteiger partial charge in [-0.3, -0.25) is 4.79 Å². The van der Waals surface area contributed by atoms with Crippen LogP contribution in [0.2, 0.25) is 0 Å². The third-order valence-corrected chi connectivity index (χ3v) is 2.91. The summed E-state index contributed by atoms with van der Waals surface area (Å²) in [6.07, 6.45) is 1.83. The quantitative estimate of drug-likeness (QED) is 0.817. The van der Waals surface area contributed by atoms with Crippen LogP contribution in [0.4, 0.5) is 0 Å². The molecule has 0 atom stereocenters. The van der Waals surface area contributed by atoms with Crippen LogP contribution in [-0.2, 0) is 11.3 Å². The maximum Gasteiger partial charge on any atom is 0.236 e. The zero-order chi connectivity index (χ0) is 11.3. The maximum absolute atomic E-state index is 11.6. The molecule has 1 aromatic heterocycles. The second-order valence-corrected chi connectivity index (χ2v) is 4.70. The summed E-state index contributed by atoms with van der Waals surface area (Å²) in [4.78, 5) is 18.6. The molecule has 15 heavy (non-hydrogen) atoms. The highest BCUT2D eigenvalue weighted by molar-refractivity contribution is 7.11. The van der Waals surface area contributed by atoms with Gasteiger partial charge in [0.05, 0.1) is 18.1 Å². The number of carbonyl (C=O) groups is 1. The van der Waals surface area contributed by atoms with Crippen LogP contribution in [0.25, 0.3) is 0 Å². The molecule has 0 unspecified atom stereocenters. The van der Waals surface area contributed by atoms with E-state index in [1.807, 2.05) is 27.1 Å². The van der Waals surface area contributed by atoms with Gasteiger partial charge in [0.25, 0.3) is 0 Å². The molecule has 0 saturated heterocycles. The van der Waals surface area contributed by atoms with Crippen molar-refractivity contribution < 1.29 is 4.79 Å². The second kappa shape index (κ2) is 5.82. The summed E-state index contributed by atoms with van der Waals surface area (Å²) in [5, 5.41) is 4.06. The molecule has 0 aromatic carbocycles. The van der Waals surface area contributed by atoms with Crippen LogP contribution in [0, 0.1) is 6.92 Å². The first-order valence-corrected chi connectivity index (χ1v) is 5.81. The predicted molar refractivity (Wildman–Crippen MR) is 61.9 cm³/mol. The molecule has 4 nitrogen and oxygen atoms in total. The van der Waals surface area contributed by atoms with E-state index in [0.29, 0.717) is 13.1 Å². The van der Waals surface area contributed by atoms with Crippen LogP contribution in [0.3, 0.4) is 0 Å². The van der Waals surface area contributed by atoms with Gasteiger partial charge in [-0.25, -0.2) is 4.98 Å². The molecule has 1 amide bonds. The molecule has 1 rings (SSSR count). The molecule has 0 fully saturated rings. The first kappa shape index (κ1) is 12.1. The normalized spacial score (nSPS) is 10.3. The molecular formula is C10H17N3OS. The lowest BCUT2D eigenvalue weighted by atomic mass is 10.4. The van der Waals surface area contributed by atoms with E-state index in [4.69, 9.17) is 0 Å². The molecule has 5 heteroatoms. The number of hydrogen-bond donors (Lipinski definition) is 1. The highest BCUT2D eigenvalue weighted by Crippen LogP contribution is 2.13. The summed E-state index contributed by atoms with van der Waals surface area (Å²) >= 11 is 1.63. The summed E-state index contributed by atoms with van der Waals surface area (Å²) < 4.78 is 0. The fourth-order valence-corrected chi connectivity index (χ4v) is 2.02. The number of amides is 1. The van der Waals surface area contributed by atoms with E-state index in [-0.39, 0.29) is 5.91 Å². The third-order valence-electron chi connectivity index (χ3n) is 2.01. The Morgan fingerprint density at radius 1 is 1.67 bits per heavy atom. The van der Waals surface area contributed by atoms with Crippen LogP contribution >= 0.6 is 11.3 Å². The van der Waals surface area contributed by atoms with E-state index in [1.165, 1.54) is 0 Å². The van der Waals surface area contributed by atoms with Gasteiger partial charge in [0, 0.05) is 18.1 Å². The molecule has 1 aromatic rings. The number of nitrogens with zero attached hydrogens (tertiary/aromatic N) is 2. The number of aryl methyl sites for hydroxylation is 1. The van der Waals surface area contributed by atoms with Gasteiger partial charge in [-0.05, 0) is 13.5 Å². The molecule has 0 bridgehead atoms. The summed E-state index contributed by atoms with van der Waals surface area (Å²) in [6.45, 7) is 5.83. The number of likely N-dealkylation sites (N-methyl/N-ethyl adjacent to an activating group) is 2. The first-order valence-electron chi connectivity index (χ1n) is 4.99. The van der Waals surface area contributed by atoms with Gasteiger partial charge in [-0.2, -0.15) is 0 Å². The largest absolute Gasteiger partial charge is 0.339 e. The minimum atomic E-state index is 0.114. The molecule has 0 aliphatic rings. The van der Waals surface area contributed by atoms with Crippen molar-refractivity contribution in [1.82, 2.24) is 15.2 Å². The summed E-state index contributed by atoms with van der Waals surface area (Å²) in [5.74, 6) is 0.114. The maximum atomic E-state index is 11.6. The summed E-state index contributed by atoms with van der Waals surface area (Å²) in [7, 11) is 1.81. The number of carbonyl (C=O) groups excluding carboxylic acids is 1. The Morgan fingerprint density at radius 3 is 2.93 bits per heavy atom. The number of hydrogen-bond acceptors (Lipinski definition) is 4. The Kier molecular flexibility index (Phi) is 4.71. The minimum absolute atomic E-state index is 0.114. The van der Waals surface area contributed by atoms with Gasteiger partial charge >= 0.3 is 0 Å². The van der Waals surface area contributed by atoms with Gasteiger partial charge in [-0.15, -0.1) is 11.3 Å². The summed E-state index contributed by atoms with van der Waals surface area (Å²) in [6, 6.07) is 0. The smallest absolute Gasteiger partial charge is 0.236 e. The number of aromatic nitrogens is 1. The van der Waals surface area contributed by atoms with Gasteiger partial charge in [0.2, 0.25) is 5.91 Å². The van der Waals surface area contributed by atoms with Crippen LogP contribution in [0.5, 0.6) is 0 Å². The zero-order valence-electron chi connectivity index (χ0n) is 9.41. The molecular weight excluding hydrogens is 210 g/mol. The van der Waals surface area contributed by atoms with Gasteiger partial charge in [-0.1, -0.05) is 6.92 Å². The Balaban J connectivity index is 2.41. The fraction of sp³-hybridized carbons (Fsp3) is 0.600. The summed E-state index contributed by atoms with van der Waals surface area (Å²) in [5.41, 5.74) is 0. The van der Waals surface area contributed by atoms with Crippen LogP contribution in [-0.4, -0.2) is 35.9 Å². The van der Waals surface area contributed by atoms with Gasteiger partial charge < -0.3 is 10.2 Å². The monoisotopic (exact) mass is 227 g/mol. The van der Waals surface area contributed by atoms with Crippen molar-refractivity contribution in [2.24, 2.45) is 0 Å². The average Bonchev–Trinajstić information content (AvgIpc) is 2.60. The van der Waals surface area contributed by atoms with Crippen molar-refractivity contribution in [3.05, 3.63) is 16.1 Å². The topological polar surface area (TPSA) is 45.2 Å². The SMILES string of the molecule is CCNCC(=O)N(C)Cc1cnc(C)s1. The zero-order valence-corrected chi connectivity index (χ0v) is 10.2. The Hall–Kier alpha value is -0.940. The molecule has 0 aliphatic carbocycles. The van der Waals surface area contributed by atoms with E-state index in [9.17, 15) is 4.79 Å². The van der Waals surface area contributed by atoms with Crippen molar-refractivity contribution in [3.63, 3.8) is 0 Å². The number of thiazole rings is 1. The van der Waals surface area contributed by atoms with Crippen molar-refractivity contribution in [3.8, 4) is 0 Å². The lowest BCUT2D eigenvalue weighted by molar-refractivity contribution is -0.129. The molecule has 0 saturated carbocycles. The van der Waals surface area contributed by atoms with Gasteiger partial charge in [0.15, 0.2) is 0 Å². The molecule has 1 heterocycles. The van der Waals surface area contributed by atoms with Crippen LogP contribution in [0.15, 0.2) is 6.20 Å². The highest BCUT2D eigenvalue weighted by atomic mass is 32.1. The van der Waals surface area contributed by atoms with Crippen molar-refractivity contribution in [2.45, 2.75) is 20.4 Å². The fourth-order valence-electron chi connectivity index (χ4n) is 1.17. The van der Waals surface area contributed by atoms with E-state index < -0.39 is 0 Å². The average molecular weight is 227 g/mol. The highest BCUT2D eigenvalue weighted by Gasteiger charge is 2.09. The molecule has 84 valence electrons. The molecule has 0 spiro atoms. The van der Waals surface area contributed by atoms with E-state index in [0.717, 1.165) is 16.4 Å².